The van der Waals surface area contributed by atoms with Gasteiger partial charge in [-0.15, -0.1) is 0 Å². The Kier molecular flexibility index (Phi) is 2.21. The predicted molar refractivity (Wildman–Crippen MR) is 64.7 cm³/mol. The van der Waals surface area contributed by atoms with Gasteiger partial charge in [0.1, 0.15) is 5.75 Å². The molecule has 1 aromatic carbocycles. The van der Waals surface area contributed by atoms with Gasteiger partial charge < -0.3 is 10.5 Å². The predicted octanol–water partition coefficient (Wildman–Crippen LogP) is 2.29. The summed E-state index contributed by atoms with van der Waals surface area (Å²) >= 11 is 0. The number of fused-ring (bicyclic) bond motifs is 1. The lowest BCUT2D eigenvalue weighted by atomic mass is 9.89. The largest absolute Gasteiger partial charge is 0.493 e. The topological polar surface area (TPSA) is 35.2 Å². The smallest absolute Gasteiger partial charge is 0.122 e. The molecule has 2 N–H and O–H groups in total. The molecule has 0 saturated heterocycles. The SMILES string of the molecule is CC(N)C1(Cc2ccc3c(c2)CCO3)CC1. The second kappa shape index (κ2) is 3.49. The van der Waals surface area contributed by atoms with Crippen LogP contribution >= 0.6 is 0 Å². The van der Waals surface area contributed by atoms with Crippen molar-refractivity contribution >= 4 is 0 Å². The Morgan fingerprint density at radius 1 is 1.44 bits per heavy atom. The zero-order chi connectivity index (χ0) is 11.2. The van der Waals surface area contributed by atoms with Crippen molar-refractivity contribution in [1.29, 1.82) is 0 Å². The van der Waals surface area contributed by atoms with Gasteiger partial charge in [-0.05, 0) is 48.8 Å². The minimum atomic E-state index is 0.317. The molecule has 16 heavy (non-hydrogen) atoms. The molecule has 1 aliphatic carbocycles. The zero-order valence-corrected chi connectivity index (χ0v) is 9.83. The summed E-state index contributed by atoms with van der Waals surface area (Å²) < 4.78 is 5.52. The van der Waals surface area contributed by atoms with Crippen LogP contribution in [0.25, 0.3) is 0 Å². The van der Waals surface area contributed by atoms with Gasteiger partial charge in [-0.25, -0.2) is 0 Å². The fourth-order valence-corrected chi connectivity index (χ4v) is 2.71. The molecule has 0 spiro atoms. The molecule has 1 aromatic rings. The van der Waals surface area contributed by atoms with E-state index in [-0.39, 0.29) is 0 Å². The molecule has 2 heteroatoms. The van der Waals surface area contributed by atoms with E-state index < -0.39 is 0 Å². The fraction of sp³-hybridized carbons (Fsp3) is 0.571. The van der Waals surface area contributed by atoms with Gasteiger partial charge in [0.05, 0.1) is 6.61 Å². The van der Waals surface area contributed by atoms with Crippen LogP contribution in [-0.4, -0.2) is 12.6 Å². The molecule has 0 radical (unpaired) electrons. The van der Waals surface area contributed by atoms with E-state index in [4.69, 9.17) is 10.5 Å². The number of nitrogens with two attached hydrogens (primary N) is 1. The maximum atomic E-state index is 6.07. The van der Waals surface area contributed by atoms with Gasteiger partial charge in [0.2, 0.25) is 0 Å². The van der Waals surface area contributed by atoms with Crippen molar-refractivity contribution in [2.75, 3.05) is 6.61 Å². The minimum Gasteiger partial charge on any atom is -0.493 e. The van der Waals surface area contributed by atoms with Crippen molar-refractivity contribution in [3.05, 3.63) is 29.3 Å². The molecule has 2 aliphatic rings. The van der Waals surface area contributed by atoms with Crippen LogP contribution in [0.5, 0.6) is 5.75 Å². The lowest BCUT2D eigenvalue weighted by Gasteiger charge is -2.19. The van der Waals surface area contributed by atoms with E-state index in [9.17, 15) is 0 Å². The van der Waals surface area contributed by atoms with Crippen molar-refractivity contribution in [3.8, 4) is 5.75 Å². The van der Waals surface area contributed by atoms with Crippen LogP contribution in [0, 0.1) is 5.41 Å². The first-order valence-corrected chi connectivity index (χ1v) is 6.20. The van der Waals surface area contributed by atoms with E-state index in [1.54, 1.807) is 0 Å². The Labute approximate surface area is 96.8 Å². The standard InChI is InChI=1S/C14H19NO/c1-10(15)14(5-6-14)9-11-2-3-13-12(8-11)4-7-16-13/h2-3,8,10H,4-7,9,15H2,1H3. The Hall–Kier alpha value is -1.02. The summed E-state index contributed by atoms with van der Waals surface area (Å²) in [6.07, 6.45) is 4.78. The van der Waals surface area contributed by atoms with Crippen molar-refractivity contribution in [1.82, 2.24) is 0 Å². The maximum Gasteiger partial charge on any atom is 0.122 e. The monoisotopic (exact) mass is 217 g/mol. The first-order chi connectivity index (χ1) is 7.70. The normalized spacial score (nSPS) is 22.4. The summed E-state index contributed by atoms with van der Waals surface area (Å²) in [7, 11) is 0. The van der Waals surface area contributed by atoms with E-state index in [0.717, 1.165) is 25.2 Å². The summed E-state index contributed by atoms with van der Waals surface area (Å²) in [5.41, 5.74) is 9.27. The molecule has 1 aliphatic heterocycles. The number of hydrogen-bond acceptors (Lipinski definition) is 2. The highest BCUT2D eigenvalue weighted by Gasteiger charge is 2.45. The van der Waals surface area contributed by atoms with Crippen molar-refractivity contribution < 1.29 is 4.74 Å². The molecular formula is C14H19NO. The lowest BCUT2D eigenvalue weighted by Crippen LogP contribution is -2.29. The molecule has 1 heterocycles. The molecule has 3 rings (SSSR count). The fourth-order valence-electron chi connectivity index (χ4n) is 2.71. The molecule has 0 amide bonds. The molecule has 86 valence electrons. The highest BCUT2D eigenvalue weighted by molar-refractivity contribution is 5.40. The number of rotatable bonds is 3. The summed E-state index contributed by atoms with van der Waals surface area (Å²) in [6, 6.07) is 6.95. The van der Waals surface area contributed by atoms with E-state index in [1.807, 2.05) is 0 Å². The van der Waals surface area contributed by atoms with Crippen LogP contribution in [0.2, 0.25) is 0 Å². The Bertz CT molecular complexity index is 407. The van der Waals surface area contributed by atoms with Crippen LogP contribution in [0.3, 0.4) is 0 Å². The van der Waals surface area contributed by atoms with Crippen LogP contribution in [0.1, 0.15) is 30.9 Å². The number of ether oxygens (including phenoxy) is 1. The van der Waals surface area contributed by atoms with Crippen molar-refractivity contribution in [2.24, 2.45) is 11.1 Å². The van der Waals surface area contributed by atoms with Gasteiger partial charge >= 0.3 is 0 Å². The third kappa shape index (κ3) is 1.61. The van der Waals surface area contributed by atoms with Crippen LogP contribution in [-0.2, 0) is 12.8 Å². The summed E-state index contributed by atoms with van der Waals surface area (Å²) in [4.78, 5) is 0. The molecule has 1 atom stereocenters. The van der Waals surface area contributed by atoms with E-state index >= 15 is 0 Å². The second-order valence-electron chi connectivity index (χ2n) is 5.37. The summed E-state index contributed by atoms with van der Waals surface area (Å²) in [5, 5.41) is 0. The van der Waals surface area contributed by atoms with E-state index in [0.29, 0.717) is 11.5 Å². The third-order valence-corrected chi connectivity index (χ3v) is 4.17. The third-order valence-electron chi connectivity index (χ3n) is 4.17. The Balaban J connectivity index is 1.81. The molecular weight excluding hydrogens is 198 g/mol. The van der Waals surface area contributed by atoms with E-state index in [1.165, 1.54) is 24.0 Å². The van der Waals surface area contributed by atoms with Gasteiger partial charge in [0.15, 0.2) is 0 Å². The van der Waals surface area contributed by atoms with Gasteiger partial charge in [0.25, 0.3) is 0 Å². The van der Waals surface area contributed by atoms with Gasteiger partial charge in [-0.3, -0.25) is 0 Å². The van der Waals surface area contributed by atoms with Gasteiger partial charge in [-0.1, -0.05) is 12.1 Å². The Morgan fingerprint density at radius 2 is 2.25 bits per heavy atom. The quantitative estimate of drug-likeness (QED) is 0.843. The first-order valence-electron chi connectivity index (χ1n) is 6.20. The van der Waals surface area contributed by atoms with Crippen LogP contribution < -0.4 is 10.5 Å². The highest BCUT2D eigenvalue weighted by atomic mass is 16.5. The van der Waals surface area contributed by atoms with Gasteiger partial charge in [-0.2, -0.15) is 0 Å². The average Bonchev–Trinajstić information content (AvgIpc) is 2.90. The number of hydrogen-bond donors (Lipinski definition) is 1. The molecule has 1 unspecified atom stereocenters. The number of benzene rings is 1. The van der Waals surface area contributed by atoms with Crippen molar-refractivity contribution in [3.63, 3.8) is 0 Å². The lowest BCUT2D eigenvalue weighted by molar-refractivity contribution is 0.356. The van der Waals surface area contributed by atoms with Gasteiger partial charge in [0, 0.05) is 12.5 Å². The molecule has 1 saturated carbocycles. The summed E-state index contributed by atoms with van der Waals surface area (Å²) in [6.45, 7) is 2.99. The van der Waals surface area contributed by atoms with Crippen LogP contribution in [0.15, 0.2) is 18.2 Å². The Morgan fingerprint density at radius 3 is 2.94 bits per heavy atom. The molecule has 2 nitrogen and oxygen atoms in total. The molecule has 0 aromatic heterocycles. The van der Waals surface area contributed by atoms with Crippen molar-refractivity contribution in [2.45, 2.75) is 38.6 Å². The second-order valence-corrected chi connectivity index (χ2v) is 5.37. The highest BCUT2D eigenvalue weighted by Crippen LogP contribution is 2.50. The first kappa shape index (κ1) is 10.2. The molecule has 1 fully saturated rings. The maximum absolute atomic E-state index is 6.07. The summed E-state index contributed by atoms with van der Waals surface area (Å²) in [5.74, 6) is 1.08. The van der Waals surface area contributed by atoms with Crippen LogP contribution in [0.4, 0.5) is 0 Å². The average molecular weight is 217 g/mol. The minimum absolute atomic E-state index is 0.317. The zero-order valence-electron chi connectivity index (χ0n) is 9.83. The molecule has 0 bridgehead atoms. The van der Waals surface area contributed by atoms with E-state index in [2.05, 4.69) is 25.1 Å².